The molecule has 0 heterocycles. The Balaban J connectivity index is 2.98. The van der Waals surface area contributed by atoms with Gasteiger partial charge in [0.1, 0.15) is 24.3 Å². The molecule has 0 radical (unpaired) electrons. The number of aliphatic hydroxyl groups excluding tert-OH is 1. The predicted molar refractivity (Wildman–Crippen MR) is 163 cm³/mol. The lowest BCUT2D eigenvalue weighted by Crippen LogP contribution is -2.55. The van der Waals surface area contributed by atoms with Crippen molar-refractivity contribution < 1.29 is 33.8 Å². The van der Waals surface area contributed by atoms with Gasteiger partial charge in [-0.2, -0.15) is 11.8 Å². The van der Waals surface area contributed by atoms with Crippen molar-refractivity contribution in [3.63, 3.8) is 0 Å². The van der Waals surface area contributed by atoms with E-state index in [4.69, 9.17) is 44.3 Å². The molecule has 0 unspecified atom stereocenters. The molecule has 0 saturated heterocycles. The van der Waals surface area contributed by atoms with E-state index in [0.717, 1.165) is 0 Å². The van der Waals surface area contributed by atoms with E-state index in [0.29, 0.717) is 37.9 Å². The number of esters is 1. The second-order valence-electron chi connectivity index (χ2n) is 11.9. The van der Waals surface area contributed by atoms with Crippen LogP contribution in [0.25, 0.3) is 0 Å². The molecule has 14 heteroatoms. The summed E-state index contributed by atoms with van der Waals surface area (Å²) < 4.78 is 8.51. The van der Waals surface area contributed by atoms with Crippen LogP contribution in [0.1, 0.15) is 73.6 Å². The average Bonchev–Trinajstić information content (AvgIpc) is 3.32. The van der Waals surface area contributed by atoms with Crippen LogP contribution >= 0.6 is 46.6 Å². The smallest absolute Gasteiger partial charge is 0.408 e. The molecule has 1 aliphatic rings. The summed E-state index contributed by atoms with van der Waals surface area (Å²) in [5.74, 6) is -1.86. The van der Waals surface area contributed by atoms with E-state index in [9.17, 15) is 24.3 Å². The fraction of sp³-hybridized carbons (Fsp3) is 0.852. The summed E-state index contributed by atoms with van der Waals surface area (Å²) in [5.41, 5.74) is -0.726. The summed E-state index contributed by atoms with van der Waals surface area (Å²) in [4.78, 5) is 51.2. The molecule has 1 fully saturated rings. The second kappa shape index (κ2) is 17.2. The van der Waals surface area contributed by atoms with E-state index in [-0.39, 0.29) is 5.92 Å². The Hall–Kier alpha value is -1.14. The lowest BCUT2D eigenvalue weighted by molar-refractivity contribution is -0.148. The van der Waals surface area contributed by atoms with Crippen molar-refractivity contribution in [3.05, 3.63) is 0 Å². The molecule has 6 atom stereocenters. The van der Waals surface area contributed by atoms with Crippen molar-refractivity contribution in [1.29, 1.82) is 0 Å². The maximum absolute atomic E-state index is 13.4. The number of aliphatic hydroxyl groups is 1. The third-order valence-electron chi connectivity index (χ3n) is 6.52. The number of ether oxygens (including phenoxy) is 2. The van der Waals surface area contributed by atoms with Crippen molar-refractivity contribution in [2.75, 3.05) is 18.6 Å². The minimum atomic E-state index is -1.77. The first kappa shape index (κ1) is 37.9. The van der Waals surface area contributed by atoms with Crippen LogP contribution in [0.4, 0.5) is 4.79 Å². The van der Waals surface area contributed by atoms with Crippen LogP contribution in [0.15, 0.2) is 0 Å². The van der Waals surface area contributed by atoms with Crippen LogP contribution in [0, 0.1) is 17.8 Å². The van der Waals surface area contributed by atoms with Crippen LogP contribution in [-0.2, 0) is 23.9 Å². The van der Waals surface area contributed by atoms with Crippen molar-refractivity contribution in [3.8, 4) is 0 Å². The fourth-order valence-electron chi connectivity index (χ4n) is 4.71. The normalized spacial score (nSPS) is 20.5. The molecule has 0 aromatic carbocycles. The van der Waals surface area contributed by atoms with Gasteiger partial charge in [0, 0.05) is 5.92 Å². The van der Waals surface area contributed by atoms with E-state index < -0.39 is 75.9 Å². The summed E-state index contributed by atoms with van der Waals surface area (Å²) in [5, 5.41) is 19.7. The third kappa shape index (κ3) is 14.7. The van der Waals surface area contributed by atoms with Crippen LogP contribution in [-0.4, -0.2) is 81.2 Å². The number of amides is 3. The molecular formula is C27H46Cl3N3O7S. The molecule has 1 rings (SSSR count). The maximum atomic E-state index is 13.4. The average molecular weight is 663 g/mol. The number of hydrogen-bond acceptors (Lipinski definition) is 8. The number of carbonyl (C=O) groups is 4. The monoisotopic (exact) mass is 661 g/mol. The van der Waals surface area contributed by atoms with Gasteiger partial charge in [0.2, 0.25) is 15.6 Å². The van der Waals surface area contributed by atoms with Gasteiger partial charge < -0.3 is 30.5 Å². The van der Waals surface area contributed by atoms with E-state index in [1.807, 2.05) is 20.1 Å². The highest BCUT2D eigenvalue weighted by molar-refractivity contribution is 7.98. The van der Waals surface area contributed by atoms with Gasteiger partial charge in [-0.05, 0) is 77.2 Å². The zero-order valence-corrected chi connectivity index (χ0v) is 28.0. The number of alkyl carbamates (subject to hydrolysis) is 1. The third-order valence-corrected chi connectivity index (χ3v) is 7.49. The molecule has 41 heavy (non-hydrogen) atoms. The van der Waals surface area contributed by atoms with Crippen LogP contribution in [0.5, 0.6) is 0 Å². The second-order valence-corrected chi connectivity index (χ2v) is 15.4. The minimum Gasteiger partial charge on any atom is -0.460 e. The highest BCUT2D eigenvalue weighted by atomic mass is 35.6. The number of nitrogens with one attached hydrogen (secondary N) is 3. The van der Waals surface area contributed by atoms with Gasteiger partial charge in [-0.1, -0.05) is 55.1 Å². The quantitative estimate of drug-likeness (QED) is 0.159. The Morgan fingerprint density at radius 1 is 1.02 bits per heavy atom. The molecule has 10 nitrogen and oxygen atoms in total. The zero-order valence-electron chi connectivity index (χ0n) is 24.9. The van der Waals surface area contributed by atoms with Gasteiger partial charge in [0.15, 0.2) is 0 Å². The molecule has 0 aromatic heterocycles. The van der Waals surface area contributed by atoms with Crippen molar-refractivity contribution in [2.45, 2.75) is 107 Å². The number of carbonyl (C=O) groups excluding carboxylic acids is 4. The summed E-state index contributed by atoms with van der Waals surface area (Å²) in [7, 11) is 0. The van der Waals surface area contributed by atoms with Crippen molar-refractivity contribution in [1.82, 2.24) is 16.0 Å². The number of rotatable bonds is 14. The Kier molecular flexibility index (Phi) is 15.9. The number of alkyl halides is 3. The van der Waals surface area contributed by atoms with E-state index in [1.165, 1.54) is 18.7 Å². The largest absolute Gasteiger partial charge is 0.460 e. The van der Waals surface area contributed by atoms with E-state index >= 15 is 0 Å². The summed E-state index contributed by atoms with van der Waals surface area (Å²) in [6.45, 7) is 10.2. The van der Waals surface area contributed by atoms with Gasteiger partial charge in [-0.15, -0.1) is 0 Å². The highest BCUT2D eigenvalue weighted by Gasteiger charge is 2.42. The lowest BCUT2D eigenvalue weighted by Gasteiger charge is -2.33. The molecule has 0 aliphatic heterocycles. The van der Waals surface area contributed by atoms with Crippen LogP contribution in [0.2, 0.25) is 0 Å². The SMILES string of the molecule is CSCC[C@H](NC(=O)OC(C)(C)C)C(=O)N[C@@H](CC(C)C)[C@@H](O)[C@@H]1CCC[C@H]1C(=O)N[C@@H](C)C(=O)OCC(Cl)(Cl)Cl. The molecule has 238 valence electrons. The molecule has 0 aromatic rings. The molecule has 4 N–H and O–H groups in total. The standard InChI is InChI=1S/C27H46Cl3N3O7S/c1-15(2)13-20(32-23(36)19(11-12-41-7)33-25(38)40-26(4,5)6)21(34)17-9-8-10-18(17)22(35)31-16(3)24(37)39-14-27(28,29)30/h15-21,34H,8-14H2,1-7H3,(H,31,35)(H,32,36)(H,33,38)/t16-,17+,18+,19-,20-,21-/m0/s1. The summed E-state index contributed by atoms with van der Waals surface area (Å²) in [6.07, 6.45) is 2.79. The molecular weight excluding hydrogens is 617 g/mol. The topological polar surface area (TPSA) is 143 Å². The molecule has 3 amide bonds. The number of thioether (sulfide) groups is 1. The fourth-order valence-corrected chi connectivity index (χ4v) is 5.34. The van der Waals surface area contributed by atoms with Crippen molar-refractivity contribution >= 4 is 70.4 Å². The van der Waals surface area contributed by atoms with E-state index in [2.05, 4.69) is 16.0 Å². The summed E-state index contributed by atoms with van der Waals surface area (Å²) >= 11 is 18.4. The van der Waals surface area contributed by atoms with Gasteiger partial charge >= 0.3 is 12.1 Å². The van der Waals surface area contributed by atoms with Gasteiger partial charge in [0.25, 0.3) is 0 Å². The first-order chi connectivity index (χ1) is 18.8. The van der Waals surface area contributed by atoms with Crippen LogP contribution < -0.4 is 16.0 Å². The predicted octanol–water partition coefficient (Wildman–Crippen LogP) is 4.36. The minimum absolute atomic E-state index is 0.125. The molecule has 1 saturated carbocycles. The Morgan fingerprint density at radius 2 is 1.66 bits per heavy atom. The van der Waals surface area contributed by atoms with Crippen LogP contribution in [0.3, 0.4) is 0 Å². The van der Waals surface area contributed by atoms with Gasteiger partial charge in [-0.3, -0.25) is 9.59 Å². The van der Waals surface area contributed by atoms with Crippen molar-refractivity contribution in [2.24, 2.45) is 17.8 Å². The molecule has 0 spiro atoms. The first-order valence-electron chi connectivity index (χ1n) is 13.8. The molecule has 0 bridgehead atoms. The zero-order chi connectivity index (χ0) is 31.5. The Labute approximate surface area is 263 Å². The van der Waals surface area contributed by atoms with Gasteiger partial charge in [-0.25, -0.2) is 9.59 Å². The lowest BCUT2D eigenvalue weighted by atomic mass is 9.83. The summed E-state index contributed by atoms with van der Waals surface area (Å²) in [6, 6.07) is -2.51. The Bertz CT molecular complexity index is 883. The Morgan fingerprint density at radius 3 is 2.20 bits per heavy atom. The molecule has 1 aliphatic carbocycles. The van der Waals surface area contributed by atoms with E-state index in [1.54, 1.807) is 20.8 Å². The highest BCUT2D eigenvalue weighted by Crippen LogP contribution is 2.36. The number of hydrogen-bond donors (Lipinski definition) is 4. The van der Waals surface area contributed by atoms with Gasteiger partial charge in [0.05, 0.1) is 12.1 Å². The first-order valence-corrected chi connectivity index (χ1v) is 16.4. The number of halogens is 3. The maximum Gasteiger partial charge on any atom is 0.408 e.